The third-order valence-electron chi connectivity index (χ3n) is 3.19. The number of nitrogens with one attached hydrogen (secondary N) is 1. The summed E-state index contributed by atoms with van der Waals surface area (Å²) in [5.74, 6) is 0.823. The summed E-state index contributed by atoms with van der Waals surface area (Å²) in [7, 11) is 2.21. The van der Waals surface area contributed by atoms with E-state index >= 15 is 0 Å². The summed E-state index contributed by atoms with van der Waals surface area (Å²) in [4.78, 5) is 2.41. The molecule has 0 saturated heterocycles. The molecular formula is C13H30N2. The molecule has 0 amide bonds. The molecule has 0 bridgehead atoms. The van der Waals surface area contributed by atoms with E-state index in [2.05, 4.69) is 45.0 Å². The van der Waals surface area contributed by atoms with Gasteiger partial charge in [-0.3, -0.25) is 0 Å². The Bertz CT molecular complexity index is 134. The van der Waals surface area contributed by atoms with E-state index in [9.17, 15) is 0 Å². The van der Waals surface area contributed by atoms with Crippen LogP contribution in [0.4, 0.5) is 0 Å². The summed E-state index contributed by atoms with van der Waals surface area (Å²) >= 11 is 0. The van der Waals surface area contributed by atoms with E-state index in [1.54, 1.807) is 0 Å². The zero-order valence-electron chi connectivity index (χ0n) is 11.3. The van der Waals surface area contributed by atoms with Crippen LogP contribution in [-0.4, -0.2) is 37.6 Å². The summed E-state index contributed by atoms with van der Waals surface area (Å²) in [6.07, 6.45) is 3.89. The average molecular weight is 214 g/mol. The van der Waals surface area contributed by atoms with Crippen LogP contribution in [0.15, 0.2) is 0 Å². The van der Waals surface area contributed by atoms with Crippen LogP contribution in [0.2, 0.25) is 0 Å². The maximum absolute atomic E-state index is 3.52. The molecule has 1 N–H and O–H groups in total. The highest BCUT2D eigenvalue weighted by atomic mass is 15.1. The highest BCUT2D eigenvalue weighted by Crippen LogP contribution is 1.99. The Morgan fingerprint density at radius 2 is 1.80 bits per heavy atom. The molecule has 0 aliphatic rings. The molecule has 0 heterocycles. The third kappa shape index (κ3) is 8.88. The summed E-state index contributed by atoms with van der Waals surface area (Å²) in [5, 5.41) is 3.52. The van der Waals surface area contributed by atoms with Gasteiger partial charge in [0.1, 0.15) is 0 Å². The molecule has 15 heavy (non-hydrogen) atoms. The summed E-state index contributed by atoms with van der Waals surface area (Å²) in [5.41, 5.74) is 0. The molecule has 0 radical (unpaired) electrons. The largest absolute Gasteiger partial charge is 0.316 e. The van der Waals surface area contributed by atoms with E-state index in [0.29, 0.717) is 6.04 Å². The van der Waals surface area contributed by atoms with Gasteiger partial charge in [-0.05, 0) is 59.3 Å². The molecule has 0 aliphatic carbocycles. The molecule has 0 aliphatic heterocycles. The van der Waals surface area contributed by atoms with E-state index in [0.717, 1.165) is 5.92 Å². The summed E-state index contributed by atoms with van der Waals surface area (Å²) in [6, 6.07) is 0.679. The van der Waals surface area contributed by atoms with Crippen molar-refractivity contribution in [2.75, 3.05) is 26.7 Å². The Balaban J connectivity index is 3.18. The fourth-order valence-electron chi connectivity index (χ4n) is 1.36. The van der Waals surface area contributed by atoms with Gasteiger partial charge in [-0.2, -0.15) is 0 Å². The van der Waals surface area contributed by atoms with Gasteiger partial charge in [-0.1, -0.05) is 20.3 Å². The minimum Gasteiger partial charge on any atom is -0.316 e. The minimum absolute atomic E-state index is 0.679. The predicted molar refractivity (Wildman–Crippen MR) is 69.3 cm³/mol. The van der Waals surface area contributed by atoms with E-state index in [-0.39, 0.29) is 0 Å². The van der Waals surface area contributed by atoms with Gasteiger partial charge < -0.3 is 10.2 Å². The maximum atomic E-state index is 3.52. The van der Waals surface area contributed by atoms with Gasteiger partial charge in [0.15, 0.2) is 0 Å². The zero-order valence-corrected chi connectivity index (χ0v) is 11.3. The van der Waals surface area contributed by atoms with Crippen LogP contribution < -0.4 is 5.32 Å². The average Bonchev–Trinajstić information content (AvgIpc) is 2.22. The first-order valence-corrected chi connectivity index (χ1v) is 6.48. The molecule has 2 nitrogen and oxygen atoms in total. The Labute approximate surface area is 96.4 Å². The number of hydrogen-bond donors (Lipinski definition) is 1. The molecular weight excluding hydrogens is 184 g/mol. The monoisotopic (exact) mass is 214 g/mol. The normalized spacial score (nSPS) is 13.8. The van der Waals surface area contributed by atoms with E-state index in [1.165, 1.54) is 38.9 Å². The quantitative estimate of drug-likeness (QED) is 0.594. The van der Waals surface area contributed by atoms with Crippen LogP contribution >= 0.6 is 0 Å². The Morgan fingerprint density at radius 1 is 1.13 bits per heavy atom. The molecule has 92 valence electrons. The highest BCUT2D eigenvalue weighted by molar-refractivity contribution is 4.59. The van der Waals surface area contributed by atoms with Crippen LogP contribution in [0.5, 0.6) is 0 Å². The Hall–Kier alpha value is -0.0800. The number of hydrogen-bond acceptors (Lipinski definition) is 2. The molecule has 1 atom stereocenters. The first-order chi connectivity index (χ1) is 7.07. The van der Waals surface area contributed by atoms with Crippen LogP contribution in [-0.2, 0) is 0 Å². The second kappa shape index (κ2) is 9.17. The van der Waals surface area contributed by atoms with Gasteiger partial charge in [0.05, 0.1) is 0 Å². The molecule has 1 unspecified atom stereocenters. The smallest absolute Gasteiger partial charge is 0.00355 e. The van der Waals surface area contributed by atoms with Crippen molar-refractivity contribution in [3.05, 3.63) is 0 Å². The van der Waals surface area contributed by atoms with Crippen LogP contribution in [0.3, 0.4) is 0 Å². The van der Waals surface area contributed by atoms with Gasteiger partial charge in [-0.25, -0.2) is 0 Å². The van der Waals surface area contributed by atoms with Crippen molar-refractivity contribution >= 4 is 0 Å². The molecule has 0 saturated carbocycles. The molecule has 0 aromatic heterocycles. The lowest BCUT2D eigenvalue weighted by Gasteiger charge is -2.20. The number of rotatable bonds is 9. The van der Waals surface area contributed by atoms with Gasteiger partial charge in [0.2, 0.25) is 0 Å². The fraction of sp³-hybridized carbons (Fsp3) is 1.00. The Kier molecular flexibility index (Phi) is 9.12. The lowest BCUT2D eigenvalue weighted by molar-refractivity contribution is 0.267. The van der Waals surface area contributed by atoms with Crippen LogP contribution in [0, 0.1) is 5.92 Å². The predicted octanol–water partition coefficient (Wildman–Crippen LogP) is 2.74. The van der Waals surface area contributed by atoms with E-state index < -0.39 is 0 Å². The zero-order chi connectivity index (χ0) is 11.7. The molecule has 0 aromatic rings. The van der Waals surface area contributed by atoms with Gasteiger partial charge in [0, 0.05) is 6.04 Å². The maximum Gasteiger partial charge on any atom is 0.00355 e. The summed E-state index contributed by atoms with van der Waals surface area (Å²) < 4.78 is 0. The number of nitrogens with zero attached hydrogens (tertiary/aromatic N) is 1. The van der Waals surface area contributed by atoms with E-state index in [4.69, 9.17) is 0 Å². The lowest BCUT2D eigenvalue weighted by Crippen LogP contribution is -2.28. The molecule has 2 heteroatoms. The third-order valence-corrected chi connectivity index (χ3v) is 3.19. The molecule has 0 fully saturated rings. The van der Waals surface area contributed by atoms with Crippen molar-refractivity contribution in [3.8, 4) is 0 Å². The first-order valence-electron chi connectivity index (χ1n) is 6.48. The summed E-state index contributed by atoms with van der Waals surface area (Å²) in [6.45, 7) is 12.6. The van der Waals surface area contributed by atoms with Crippen molar-refractivity contribution in [3.63, 3.8) is 0 Å². The first kappa shape index (κ1) is 14.9. The standard InChI is InChI=1S/C13H30N2/c1-6-13(4)11-14-9-7-8-10-15(5)12(2)3/h12-14H,6-11H2,1-5H3. The second-order valence-corrected chi connectivity index (χ2v) is 5.00. The van der Waals surface area contributed by atoms with Crippen LogP contribution in [0.1, 0.15) is 47.0 Å². The number of unbranched alkanes of at least 4 members (excludes halogenated alkanes) is 1. The fourth-order valence-corrected chi connectivity index (χ4v) is 1.36. The van der Waals surface area contributed by atoms with Gasteiger partial charge in [-0.15, -0.1) is 0 Å². The van der Waals surface area contributed by atoms with Crippen molar-refractivity contribution in [2.24, 2.45) is 5.92 Å². The van der Waals surface area contributed by atoms with Crippen molar-refractivity contribution in [1.29, 1.82) is 0 Å². The van der Waals surface area contributed by atoms with E-state index in [1.807, 2.05) is 0 Å². The highest BCUT2D eigenvalue weighted by Gasteiger charge is 2.01. The van der Waals surface area contributed by atoms with Gasteiger partial charge >= 0.3 is 0 Å². The van der Waals surface area contributed by atoms with Gasteiger partial charge in [0.25, 0.3) is 0 Å². The van der Waals surface area contributed by atoms with Crippen molar-refractivity contribution in [1.82, 2.24) is 10.2 Å². The van der Waals surface area contributed by atoms with Crippen LogP contribution in [0.25, 0.3) is 0 Å². The lowest BCUT2D eigenvalue weighted by atomic mass is 10.1. The Morgan fingerprint density at radius 3 is 2.33 bits per heavy atom. The minimum atomic E-state index is 0.679. The second-order valence-electron chi connectivity index (χ2n) is 5.00. The topological polar surface area (TPSA) is 15.3 Å². The molecule has 0 spiro atoms. The SMILES string of the molecule is CCC(C)CNCCCCN(C)C(C)C. The molecule has 0 aromatic carbocycles. The van der Waals surface area contributed by atoms with Crippen molar-refractivity contribution in [2.45, 2.75) is 53.0 Å². The molecule has 0 rings (SSSR count). The van der Waals surface area contributed by atoms with Crippen molar-refractivity contribution < 1.29 is 0 Å².